The number of methoxy groups -OCH3 is 1. The summed E-state index contributed by atoms with van der Waals surface area (Å²) in [7, 11) is 3.87. The molecule has 0 heterocycles. The second kappa shape index (κ2) is 4.94. The fraction of sp³-hybridized carbons (Fsp3) is 1.00. The molecule has 0 aromatic heterocycles. The maximum absolute atomic E-state index is 5.55. The van der Waals surface area contributed by atoms with Gasteiger partial charge in [0.1, 0.15) is 0 Å². The molecule has 2 N–H and O–H groups in total. The molecule has 0 spiro atoms. The van der Waals surface area contributed by atoms with Crippen LogP contribution in [0.15, 0.2) is 0 Å². The van der Waals surface area contributed by atoms with Gasteiger partial charge in [-0.2, -0.15) is 0 Å². The van der Waals surface area contributed by atoms with E-state index in [0.29, 0.717) is 6.54 Å². The highest BCUT2D eigenvalue weighted by atomic mass is 16.5. The van der Waals surface area contributed by atoms with E-state index < -0.39 is 0 Å². The number of likely N-dealkylation sites (N-methyl/N-ethyl adjacent to an activating group) is 1. The zero-order valence-electron chi connectivity index (χ0n) is 8.99. The van der Waals surface area contributed by atoms with Gasteiger partial charge in [-0.05, 0) is 25.3 Å². The monoisotopic (exact) mass is 186 g/mol. The Kier molecular flexibility index (Phi) is 4.16. The van der Waals surface area contributed by atoms with Crippen molar-refractivity contribution in [1.82, 2.24) is 4.90 Å². The molecular weight excluding hydrogens is 164 g/mol. The summed E-state index contributed by atoms with van der Waals surface area (Å²) in [5.74, 6) is 1.85. The molecule has 3 heteroatoms. The van der Waals surface area contributed by atoms with Crippen LogP contribution in [0.5, 0.6) is 0 Å². The minimum atomic E-state index is 0.194. The average molecular weight is 186 g/mol. The second-order valence-electron chi connectivity index (χ2n) is 4.29. The topological polar surface area (TPSA) is 38.5 Å². The summed E-state index contributed by atoms with van der Waals surface area (Å²) in [5.41, 5.74) is 5.55. The molecule has 0 bridgehead atoms. The Morgan fingerprint density at radius 3 is 2.62 bits per heavy atom. The lowest BCUT2D eigenvalue weighted by molar-refractivity contribution is 0.0765. The quantitative estimate of drug-likeness (QED) is 0.658. The molecule has 1 aliphatic rings. The first-order chi connectivity index (χ1) is 6.17. The first-order valence-electron chi connectivity index (χ1n) is 5.08. The predicted octanol–water partition coefficient (Wildman–Crippen LogP) is 0.548. The highest BCUT2D eigenvalue weighted by Crippen LogP contribution is 2.37. The fourth-order valence-corrected chi connectivity index (χ4v) is 1.72. The maximum Gasteiger partial charge on any atom is 0.0820 e. The molecule has 0 aromatic rings. The van der Waals surface area contributed by atoms with E-state index >= 15 is 0 Å². The van der Waals surface area contributed by atoms with Gasteiger partial charge in [-0.3, -0.25) is 0 Å². The van der Waals surface area contributed by atoms with E-state index in [2.05, 4.69) is 18.9 Å². The normalized spacial score (nSPS) is 29.3. The van der Waals surface area contributed by atoms with Crippen molar-refractivity contribution in [3.8, 4) is 0 Å². The van der Waals surface area contributed by atoms with Crippen molar-refractivity contribution in [2.24, 2.45) is 17.6 Å². The summed E-state index contributed by atoms with van der Waals surface area (Å²) in [6, 6.07) is 0. The van der Waals surface area contributed by atoms with Crippen molar-refractivity contribution in [3.63, 3.8) is 0 Å². The van der Waals surface area contributed by atoms with Gasteiger partial charge in [-0.25, -0.2) is 0 Å². The largest absolute Gasteiger partial charge is 0.379 e. The third kappa shape index (κ3) is 3.63. The number of ether oxygens (including phenoxy) is 1. The van der Waals surface area contributed by atoms with Gasteiger partial charge in [0, 0.05) is 26.7 Å². The van der Waals surface area contributed by atoms with Crippen LogP contribution in [0.3, 0.4) is 0 Å². The van der Waals surface area contributed by atoms with E-state index in [1.54, 1.807) is 7.11 Å². The van der Waals surface area contributed by atoms with Crippen LogP contribution in [0.1, 0.15) is 13.3 Å². The summed E-state index contributed by atoms with van der Waals surface area (Å²) >= 11 is 0. The van der Waals surface area contributed by atoms with Crippen molar-refractivity contribution in [3.05, 3.63) is 0 Å². The van der Waals surface area contributed by atoms with Crippen LogP contribution >= 0.6 is 0 Å². The molecule has 1 fully saturated rings. The Labute approximate surface area is 81.2 Å². The van der Waals surface area contributed by atoms with Gasteiger partial charge in [0.2, 0.25) is 0 Å². The van der Waals surface area contributed by atoms with Crippen LogP contribution in [-0.4, -0.2) is 44.8 Å². The van der Waals surface area contributed by atoms with Crippen molar-refractivity contribution in [2.45, 2.75) is 19.4 Å². The van der Waals surface area contributed by atoms with Crippen LogP contribution < -0.4 is 5.73 Å². The molecule has 78 valence electrons. The molecule has 3 unspecified atom stereocenters. The van der Waals surface area contributed by atoms with Gasteiger partial charge in [0.15, 0.2) is 0 Å². The Morgan fingerprint density at radius 1 is 1.62 bits per heavy atom. The number of rotatable bonds is 6. The van der Waals surface area contributed by atoms with Crippen molar-refractivity contribution in [1.29, 1.82) is 0 Å². The van der Waals surface area contributed by atoms with Crippen LogP contribution in [0, 0.1) is 11.8 Å². The van der Waals surface area contributed by atoms with Gasteiger partial charge in [0.05, 0.1) is 6.10 Å². The summed E-state index contributed by atoms with van der Waals surface area (Å²) in [4.78, 5) is 2.33. The van der Waals surface area contributed by atoms with Crippen molar-refractivity contribution >= 4 is 0 Å². The lowest BCUT2D eigenvalue weighted by Gasteiger charge is -2.21. The first-order valence-corrected chi connectivity index (χ1v) is 5.08. The van der Waals surface area contributed by atoms with E-state index in [-0.39, 0.29) is 6.10 Å². The summed E-state index contributed by atoms with van der Waals surface area (Å²) < 4.78 is 5.23. The van der Waals surface area contributed by atoms with Crippen molar-refractivity contribution < 1.29 is 4.74 Å². The molecule has 1 saturated carbocycles. The molecule has 13 heavy (non-hydrogen) atoms. The lowest BCUT2D eigenvalue weighted by atomic mass is 10.3. The summed E-state index contributed by atoms with van der Waals surface area (Å²) in [6.07, 6.45) is 1.59. The van der Waals surface area contributed by atoms with Crippen LogP contribution in [0.25, 0.3) is 0 Å². The molecule has 0 aromatic carbocycles. The molecule has 0 saturated heterocycles. The van der Waals surface area contributed by atoms with E-state index in [1.807, 2.05) is 0 Å². The first kappa shape index (κ1) is 11.0. The van der Waals surface area contributed by atoms with Gasteiger partial charge in [-0.1, -0.05) is 6.92 Å². The highest BCUT2D eigenvalue weighted by Gasteiger charge is 2.33. The Bertz CT molecular complexity index is 148. The van der Waals surface area contributed by atoms with Gasteiger partial charge < -0.3 is 15.4 Å². The predicted molar refractivity (Wildman–Crippen MR) is 54.6 cm³/mol. The van der Waals surface area contributed by atoms with Crippen LogP contribution in [0.2, 0.25) is 0 Å². The number of nitrogens with two attached hydrogens (primary N) is 1. The molecule has 1 aliphatic carbocycles. The molecule has 1 rings (SSSR count). The van der Waals surface area contributed by atoms with Crippen molar-refractivity contribution in [2.75, 3.05) is 33.8 Å². The zero-order chi connectivity index (χ0) is 9.84. The fourth-order valence-electron chi connectivity index (χ4n) is 1.72. The minimum Gasteiger partial charge on any atom is -0.379 e. The van der Waals surface area contributed by atoms with Gasteiger partial charge in [-0.15, -0.1) is 0 Å². The second-order valence-corrected chi connectivity index (χ2v) is 4.29. The number of hydrogen-bond donors (Lipinski definition) is 1. The molecule has 0 amide bonds. The highest BCUT2D eigenvalue weighted by molar-refractivity contribution is 4.84. The average Bonchev–Trinajstić information content (AvgIpc) is 2.77. The summed E-state index contributed by atoms with van der Waals surface area (Å²) in [6.45, 7) is 5.08. The smallest absolute Gasteiger partial charge is 0.0820 e. The Balaban J connectivity index is 2.12. The van der Waals surface area contributed by atoms with Gasteiger partial charge in [0.25, 0.3) is 0 Å². The van der Waals surface area contributed by atoms with E-state index in [0.717, 1.165) is 18.4 Å². The Hall–Kier alpha value is -0.120. The maximum atomic E-state index is 5.55. The third-order valence-electron chi connectivity index (χ3n) is 2.93. The SMILES string of the molecule is COC(CN)CN(C)CC1CC1C. The molecule has 0 aliphatic heterocycles. The number of nitrogens with zero attached hydrogens (tertiary/aromatic N) is 1. The van der Waals surface area contributed by atoms with Crippen LogP contribution in [-0.2, 0) is 4.74 Å². The molecule has 3 atom stereocenters. The third-order valence-corrected chi connectivity index (χ3v) is 2.93. The van der Waals surface area contributed by atoms with Crippen LogP contribution in [0.4, 0.5) is 0 Å². The zero-order valence-corrected chi connectivity index (χ0v) is 8.99. The van der Waals surface area contributed by atoms with E-state index in [1.165, 1.54) is 13.0 Å². The molecule has 3 nitrogen and oxygen atoms in total. The van der Waals surface area contributed by atoms with Gasteiger partial charge >= 0.3 is 0 Å². The summed E-state index contributed by atoms with van der Waals surface area (Å²) in [5, 5.41) is 0. The number of hydrogen-bond acceptors (Lipinski definition) is 3. The molecule has 0 radical (unpaired) electrons. The van der Waals surface area contributed by atoms with E-state index in [9.17, 15) is 0 Å². The Morgan fingerprint density at radius 2 is 2.23 bits per heavy atom. The molecular formula is C10H22N2O. The minimum absolute atomic E-state index is 0.194. The van der Waals surface area contributed by atoms with E-state index in [4.69, 9.17) is 10.5 Å². The lowest BCUT2D eigenvalue weighted by Crippen LogP contribution is -2.36. The standard InChI is InChI=1S/C10H22N2O/c1-8-4-9(8)6-12(2)7-10(5-11)13-3/h8-10H,4-7,11H2,1-3H3.